The molecule has 5 heterocycles. The Hall–Kier alpha value is -2.42. The van der Waals surface area contributed by atoms with E-state index in [0.717, 1.165) is 24.8 Å². The summed E-state index contributed by atoms with van der Waals surface area (Å²) >= 11 is 0. The smallest absolute Gasteiger partial charge is 0.316 e. The van der Waals surface area contributed by atoms with Crippen molar-refractivity contribution in [2.75, 3.05) is 13.7 Å². The SMILES string of the molecule is COC1C[C@H](OC2C(C)=CC[C@H]3C[C@@H](C[C@]4(CCC(C)C(C5CCCCC5)O4)O3)OC(=O)[C@H]3C=C(C)C(=NO)[C@H]4OCC(=CC=CC2C)[C@@]34O)OC(C)C1O. The number of hydrogen-bond acceptors (Lipinski definition) is 12. The average Bonchev–Trinajstić information content (AvgIpc) is 3.50. The molecule has 14 atom stereocenters. The predicted molar refractivity (Wildman–Crippen MR) is 203 cm³/mol. The van der Waals surface area contributed by atoms with Gasteiger partial charge in [-0.3, -0.25) is 4.79 Å². The van der Waals surface area contributed by atoms with E-state index in [1.54, 1.807) is 26.2 Å². The minimum Gasteiger partial charge on any atom is -0.462 e. The van der Waals surface area contributed by atoms with Crippen LogP contribution in [0.15, 0.2) is 52.3 Å². The van der Waals surface area contributed by atoms with Crippen LogP contribution in [0.25, 0.3) is 0 Å². The van der Waals surface area contributed by atoms with Gasteiger partial charge in [0.2, 0.25) is 0 Å². The van der Waals surface area contributed by atoms with Crippen LogP contribution in [0.2, 0.25) is 0 Å². The maximum atomic E-state index is 14.4. The molecule has 0 radical (unpaired) electrons. The molecule has 1 saturated carbocycles. The molecule has 7 rings (SSSR count). The third-order valence-corrected chi connectivity index (χ3v) is 13.6. The quantitative estimate of drug-likeness (QED) is 0.132. The van der Waals surface area contributed by atoms with Crippen molar-refractivity contribution in [1.82, 2.24) is 0 Å². The lowest BCUT2D eigenvalue weighted by atomic mass is 9.71. The first-order chi connectivity index (χ1) is 26.4. The zero-order chi connectivity index (χ0) is 39.1. The van der Waals surface area contributed by atoms with Crippen molar-refractivity contribution in [1.29, 1.82) is 0 Å². The average molecular weight is 770 g/mol. The van der Waals surface area contributed by atoms with Gasteiger partial charge in [0.1, 0.15) is 35.5 Å². The summed E-state index contributed by atoms with van der Waals surface area (Å²) in [6, 6.07) is 0. The van der Waals surface area contributed by atoms with Gasteiger partial charge in [-0.05, 0) is 75.0 Å². The third-order valence-electron chi connectivity index (χ3n) is 13.6. The van der Waals surface area contributed by atoms with E-state index in [1.807, 2.05) is 19.1 Å². The topological polar surface area (TPSA) is 155 Å². The number of carbonyl (C=O) groups excluding carboxylic acids is 1. The molecule has 2 aliphatic carbocycles. The Morgan fingerprint density at radius 2 is 1.80 bits per heavy atom. The number of oxime groups is 1. The highest BCUT2D eigenvalue weighted by Crippen LogP contribution is 2.48. The molecule has 12 nitrogen and oxygen atoms in total. The van der Waals surface area contributed by atoms with Gasteiger partial charge in [-0.25, -0.2) is 0 Å². The normalized spacial score (nSPS) is 45.4. The third kappa shape index (κ3) is 8.17. The lowest BCUT2D eigenvalue weighted by Crippen LogP contribution is -2.57. The van der Waals surface area contributed by atoms with Crippen LogP contribution in [0.5, 0.6) is 0 Å². The van der Waals surface area contributed by atoms with E-state index in [0.29, 0.717) is 55.1 Å². The van der Waals surface area contributed by atoms with Crippen molar-refractivity contribution >= 4 is 11.7 Å². The van der Waals surface area contributed by atoms with Crippen molar-refractivity contribution in [3.63, 3.8) is 0 Å². The Morgan fingerprint density at radius 3 is 2.55 bits per heavy atom. The van der Waals surface area contributed by atoms with Crippen LogP contribution in [0, 0.1) is 23.7 Å². The molecule has 5 aliphatic heterocycles. The van der Waals surface area contributed by atoms with Gasteiger partial charge in [-0.2, -0.15) is 0 Å². The molecule has 12 heteroatoms. The lowest BCUT2D eigenvalue weighted by molar-refractivity contribution is -0.342. The van der Waals surface area contributed by atoms with Gasteiger partial charge in [0.05, 0.1) is 37.1 Å². The van der Waals surface area contributed by atoms with E-state index in [9.17, 15) is 20.2 Å². The van der Waals surface area contributed by atoms with Gasteiger partial charge < -0.3 is 48.6 Å². The van der Waals surface area contributed by atoms with Crippen molar-refractivity contribution in [2.45, 2.75) is 172 Å². The summed E-state index contributed by atoms with van der Waals surface area (Å²) < 4.78 is 45.1. The fourth-order valence-electron chi connectivity index (χ4n) is 10.4. The predicted octanol–water partition coefficient (Wildman–Crippen LogP) is 6.07. The highest BCUT2D eigenvalue weighted by molar-refractivity contribution is 6.06. The van der Waals surface area contributed by atoms with Crippen molar-refractivity contribution in [3.05, 3.63) is 47.1 Å². The molecular formula is C43H63NO11. The summed E-state index contributed by atoms with van der Waals surface area (Å²) in [7, 11) is 1.59. The second-order valence-corrected chi connectivity index (χ2v) is 17.4. The Bertz CT molecular complexity index is 1550. The molecule has 0 amide bonds. The second-order valence-electron chi connectivity index (χ2n) is 17.4. The van der Waals surface area contributed by atoms with Gasteiger partial charge in [0.15, 0.2) is 12.1 Å². The van der Waals surface area contributed by atoms with E-state index in [-0.39, 0.29) is 30.4 Å². The Labute approximate surface area is 325 Å². The maximum Gasteiger partial charge on any atom is 0.316 e. The number of esters is 1. The first-order valence-corrected chi connectivity index (χ1v) is 20.7. The molecule has 4 saturated heterocycles. The molecule has 7 unspecified atom stereocenters. The Morgan fingerprint density at radius 1 is 1.02 bits per heavy atom. The number of allylic oxidation sites excluding steroid dienone is 2. The molecule has 2 bridgehead atoms. The number of fused-ring (bicyclic) bond motifs is 2. The highest BCUT2D eigenvalue weighted by atomic mass is 16.7. The van der Waals surface area contributed by atoms with Crippen LogP contribution < -0.4 is 0 Å². The van der Waals surface area contributed by atoms with E-state index in [2.05, 4.69) is 32.0 Å². The first-order valence-electron chi connectivity index (χ1n) is 20.7. The molecule has 0 aromatic rings. The maximum absolute atomic E-state index is 14.4. The van der Waals surface area contributed by atoms with Crippen molar-refractivity contribution in [3.8, 4) is 0 Å². The number of hydrogen-bond donors (Lipinski definition) is 3. The largest absolute Gasteiger partial charge is 0.462 e. The molecule has 3 N–H and O–H groups in total. The second kappa shape index (κ2) is 16.8. The van der Waals surface area contributed by atoms with Gasteiger partial charge in [-0.15, -0.1) is 0 Å². The molecule has 5 fully saturated rings. The zero-order valence-corrected chi connectivity index (χ0v) is 33.4. The van der Waals surface area contributed by atoms with Gasteiger partial charge in [-0.1, -0.05) is 68.6 Å². The summed E-state index contributed by atoms with van der Waals surface area (Å²) in [5.41, 5.74) is 0.362. The molecule has 0 aromatic heterocycles. The van der Waals surface area contributed by atoms with E-state index < -0.39 is 66.2 Å². The fourth-order valence-corrected chi connectivity index (χ4v) is 10.4. The van der Waals surface area contributed by atoms with Crippen molar-refractivity contribution < 1.29 is 53.4 Å². The molecule has 0 aromatic carbocycles. The van der Waals surface area contributed by atoms with Crippen LogP contribution in [-0.4, -0.2) is 107 Å². The zero-order valence-electron chi connectivity index (χ0n) is 33.4. The minimum atomic E-state index is -1.83. The minimum absolute atomic E-state index is 0.0359. The summed E-state index contributed by atoms with van der Waals surface area (Å²) in [4.78, 5) is 14.4. The van der Waals surface area contributed by atoms with Crippen LogP contribution in [0.4, 0.5) is 0 Å². The molecule has 7 aliphatic rings. The van der Waals surface area contributed by atoms with Crippen LogP contribution in [-0.2, 0) is 38.0 Å². The standard InChI is InChI=1S/C43H63NO11/c1-24-11-10-14-30-23-50-40-36(44-48)27(4)19-33(43(30,40)47)41(46)52-32-20-31(16-15-25(2)38(24)53-35-21-34(49-6)37(45)28(5)51-35)54-42(22-32)18-17-26(3)39(55-42)29-12-8-7-9-13-29/h10-11,14-15,19,24,26,28-29,31-35,37-40,45,47-48H,7-9,12-13,16-18,20-23H2,1-6H3/t24?,26?,28?,31-,32-,33+,34?,35-,37?,38?,39?,40+,42+,43+/m0/s1. The molecule has 306 valence electrons. The first kappa shape index (κ1) is 40.8. The summed E-state index contributed by atoms with van der Waals surface area (Å²) in [5.74, 6) is -1.83. The number of ether oxygens (including phenoxy) is 7. The number of carbonyl (C=O) groups is 1. The number of nitrogens with zero attached hydrogens (tertiary/aromatic N) is 1. The van der Waals surface area contributed by atoms with Gasteiger partial charge in [0, 0.05) is 38.7 Å². The van der Waals surface area contributed by atoms with Crippen molar-refractivity contribution in [2.24, 2.45) is 28.8 Å². The summed E-state index contributed by atoms with van der Waals surface area (Å²) in [5, 5.41) is 36.7. The number of aliphatic hydroxyl groups excluding tert-OH is 1. The summed E-state index contributed by atoms with van der Waals surface area (Å²) in [6.45, 7) is 10.0. The highest BCUT2D eigenvalue weighted by Gasteiger charge is 2.60. The van der Waals surface area contributed by atoms with Crippen LogP contribution in [0.3, 0.4) is 0 Å². The Kier molecular flexibility index (Phi) is 12.5. The van der Waals surface area contributed by atoms with E-state index >= 15 is 0 Å². The molecule has 55 heavy (non-hydrogen) atoms. The van der Waals surface area contributed by atoms with Crippen LogP contribution >= 0.6 is 0 Å². The van der Waals surface area contributed by atoms with E-state index in [4.69, 9.17) is 33.2 Å². The fraction of sp³-hybridized carbons (Fsp3) is 0.767. The number of rotatable bonds is 4. The Balaban J connectivity index is 1.25. The molecule has 1 spiro atoms. The van der Waals surface area contributed by atoms with Gasteiger partial charge >= 0.3 is 5.97 Å². The number of methoxy groups -OCH3 is 1. The van der Waals surface area contributed by atoms with Gasteiger partial charge in [0.25, 0.3) is 0 Å². The monoisotopic (exact) mass is 769 g/mol. The van der Waals surface area contributed by atoms with E-state index in [1.165, 1.54) is 19.3 Å². The molecular weight excluding hydrogens is 706 g/mol. The number of aliphatic hydroxyl groups is 2. The summed E-state index contributed by atoms with van der Waals surface area (Å²) in [6.07, 6.45) is 14.4. The lowest BCUT2D eigenvalue weighted by Gasteiger charge is -2.51. The van der Waals surface area contributed by atoms with Crippen LogP contribution in [0.1, 0.15) is 105 Å².